The molecule has 4 heteroatoms. The second kappa shape index (κ2) is 7.47. The molecule has 5 rings (SSSR count). The van der Waals surface area contributed by atoms with Crippen LogP contribution >= 0.6 is 0 Å². The third-order valence-electron chi connectivity index (χ3n) is 5.68. The molecule has 0 aliphatic heterocycles. The van der Waals surface area contributed by atoms with E-state index in [0.717, 1.165) is 38.1 Å². The maximum atomic E-state index is 12.9. The summed E-state index contributed by atoms with van der Waals surface area (Å²) in [7, 11) is 1.67. The van der Waals surface area contributed by atoms with Crippen LogP contribution in [0.2, 0.25) is 0 Å². The lowest BCUT2D eigenvalue weighted by Gasteiger charge is -2.15. The molecule has 1 aromatic heterocycles. The fourth-order valence-corrected chi connectivity index (χ4v) is 4.38. The molecule has 0 spiro atoms. The largest absolute Gasteiger partial charge is 0.495 e. The number of hydrogen-bond acceptors (Lipinski definition) is 4. The van der Waals surface area contributed by atoms with E-state index in [0.29, 0.717) is 29.3 Å². The van der Waals surface area contributed by atoms with Gasteiger partial charge in [0.1, 0.15) is 22.7 Å². The number of fused-ring (bicyclic) bond motifs is 4. The van der Waals surface area contributed by atoms with Gasteiger partial charge in [0.25, 0.3) is 0 Å². The maximum absolute atomic E-state index is 12.9. The minimum atomic E-state index is -0.391. The number of aryl methyl sites for hydroxylation is 1. The SMILES string of the molecule is CCOC(=O)c1c(C)oc2c1c(-c1ccccc1)c(OC)c1cc3ccccc3cc12. The standard InChI is InChI=1S/C27H22O4/c1-4-30-27(28)22-16(2)31-26-21-15-19-13-9-8-12-18(19)14-20(21)25(29-3)23(24(22)26)17-10-6-5-7-11-17/h5-15H,4H2,1-3H3. The minimum Gasteiger partial charge on any atom is -0.495 e. The van der Waals surface area contributed by atoms with Crippen molar-refractivity contribution in [2.45, 2.75) is 13.8 Å². The van der Waals surface area contributed by atoms with E-state index in [1.807, 2.05) is 42.5 Å². The predicted octanol–water partition coefficient (Wildman–Crippen LogP) is 6.90. The lowest BCUT2D eigenvalue weighted by Crippen LogP contribution is -2.06. The van der Waals surface area contributed by atoms with Gasteiger partial charge >= 0.3 is 5.97 Å². The maximum Gasteiger partial charge on any atom is 0.342 e. The van der Waals surface area contributed by atoms with E-state index >= 15 is 0 Å². The number of carbonyl (C=O) groups is 1. The van der Waals surface area contributed by atoms with Gasteiger partial charge in [0, 0.05) is 21.7 Å². The van der Waals surface area contributed by atoms with Gasteiger partial charge in [-0.2, -0.15) is 0 Å². The topological polar surface area (TPSA) is 48.7 Å². The molecule has 4 aromatic carbocycles. The zero-order chi connectivity index (χ0) is 21.5. The number of ether oxygens (including phenoxy) is 2. The van der Waals surface area contributed by atoms with Crippen LogP contribution < -0.4 is 4.74 Å². The zero-order valence-corrected chi connectivity index (χ0v) is 17.7. The molecule has 1 heterocycles. The van der Waals surface area contributed by atoms with Crippen LogP contribution in [-0.2, 0) is 4.74 Å². The lowest BCUT2D eigenvalue weighted by atomic mass is 9.92. The van der Waals surface area contributed by atoms with Crippen molar-refractivity contribution in [1.82, 2.24) is 0 Å². The van der Waals surface area contributed by atoms with E-state index in [1.54, 1.807) is 21.0 Å². The molecule has 31 heavy (non-hydrogen) atoms. The van der Waals surface area contributed by atoms with Crippen molar-refractivity contribution in [1.29, 1.82) is 0 Å². The highest BCUT2D eigenvalue weighted by Crippen LogP contribution is 2.47. The first-order valence-corrected chi connectivity index (χ1v) is 10.3. The average molecular weight is 410 g/mol. The van der Waals surface area contributed by atoms with Crippen molar-refractivity contribution in [2.75, 3.05) is 13.7 Å². The van der Waals surface area contributed by atoms with Gasteiger partial charge in [0.2, 0.25) is 0 Å². The second-order valence-electron chi connectivity index (χ2n) is 7.48. The Bertz CT molecular complexity index is 1440. The van der Waals surface area contributed by atoms with E-state index in [-0.39, 0.29) is 0 Å². The molecule has 0 saturated heterocycles. The van der Waals surface area contributed by atoms with E-state index in [9.17, 15) is 4.79 Å². The summed E-state index contributed by atoms with van der Waals surface area (Å²) < 4.78 is 17.6. The highest BCUT2D eigenvalue weighted by atomic mass is 16.5. The summed E-state index contributed by atoms with van der Waals surface area (Å²) in [5, 5.41) is 4.78. The third kappa shape index (κ3) is 2.95. The van der Waals surface area contributed by atoms with Gasteiger partial charge in [0.15, 0.2) is 0 Å². The summed E-state index contributed by atoms with van der Waals surface area (Å²) in [6, 6.07) is 22.4. The normalized spacial score (nSPS) is 11.3. The fourth-order valence-electron chi connectivity index (χ4n) is 4.38. The number of benzene rings is 4. The van der Waals surface area contributed by atoms with Gasteiger partial charge in [-0.3, -0.25) is 0 Å². The first-order valence-electron chi connectivity index (χ1n) is 10.3. The molecule has 0 atom stereocenters. The molecular formula is C27H22O4. The Morgan fingerprint density at radius 3 is 2.23 bits per heavy atom. The Kier molecular flexibility index (Phi) is 4.63. The Balaban J connectivity index is 2.03. The van der Waals surface area contributed by atoms with Crippen molar-refractivity contribution in [3.63, 3.8) is 0 Å². The third-order valence-corrected chi connectivity index (χ3v) is 5.68. The summed E-state index contributed by atoms with van der Waals surface area (Å²) >= 11 is 0. The molecular weight excluding hydrogens is 388 g/mol. The fraction of sp³-hybridized carbons (Fsp3) is 0.148. The Morgan fingerprint density at radius 2 is 1.58 bits per heavy atom. The molecule has 4 nitrogen and oxygen atoms in total. The quantitative estimate of drug-likeness (QED) is 0.239. The Labute approximate surface area is 180 Å². The van der Waals surface area contributed by atoms with E-state index in [1.165, 1.54) is 0 Å². The lowest BCUT2D eigenvalue weighted by molar-refractivity contribution is 0.0526. The summed E-state index contributed by atoms with van der Waals surface area (Å²) in [6.07, 6.45) is 0. The van der Waals surface area contributed by atoms with Crippen LogP contribution in [0, 0.1) is 6.92 Å². The molecule has 0 saturated carbocycles. The van der Waals surface area contributed by atoms with Gasteiger partial charge < -0.3 is 13.9 Å². The van der Waals surface area contributed by atoms with Crippen molar-refractivity contribution in [2.24, 2.45) is 0 Å². The second-order valence-corrected chi connectivity index (χ2v) is 7.48. The molecule has 154 valence electrons. The van der Waals surface area contributed by atoms with Gasteiger partial charge in [-0.15, -0.1) is 0 Å². The van der Waals surface area contributed by atoms with E-state index < -0.39 is 5.97 Å². The average Bonchev–Trinajstić information content (AvgIpc) is 3.14. The number of esters is 1. The summed E-state index contributed by atoms with van der Waals surface area (Å²) in [5.74, 6) is 0.859. The van der Waals surface area contributed by atoms with E-state index in [2.05, 4.69) is 24.3 Å². The molecule has 5 aromatic rings. The van der Waals surface area contributed by atoms with Crippen LogP contribution in [0.15, 0.2) is 71.1 Å². The zero-order valence-electron chi connectivity index (χ0n) is 17.7. The van der Waals surface area contributed by atoms with Gasteiger partial charge in [-0.25, -0.2) is 4.79 Å². The van der Waals surface area contributed by atoms with Crippen LogP contribution in [0.1, 0.15) is 23.0 Å². The summed E-state index contributed by atoms with van der Waals surface area (Å²) in [5.41, 5.74) is 2.90. The first kappa shape index (κ1) is 19.2. The van der Waals surface area contributed by atoms with Crippen molar-refractivity contribution in [3.05, 3.63) is 78.1 Å². The van der Waals surface area contributed by atoms with Crippen LogP contribution in [-0.4, -0.2) is 19.7 Å². The van der Waals surface area contributed by atoms with Gasteiger partial charge in [-0.05, 0) is 42.3 Å². The van der Waals surface area contributed by atoms with E-state index in [4.69, 9.17) is 13.9 Å². The van der Waals surface area contributed by atoms with Crippen LogP contribution in [0.5, 0.6) is 5.75 Å². The molecule has 0 aliphatic rings. The monoisotopic (exact) mass is 410 g/mol. The Morgan fingerprint density at radius 1 is 0.935 bits per heavy atom. The van der Waals surface area contributed by atoms with Crippen LogP contribution in [0.3, 0.4) is 0 Å². The predicted molar refractivity (Wildman–Crippen MR) is 124 cm³/mol. The summed E-state index contributed by atoms with van der Waals surface area (Å²) in [4.78, 5) is 12.9. The van der Waals surface area contributed by atoms with Crippen LogP contribution in [0.25, 0.3) is 43.6 Å². The molecule has 0 aliphatic carbocycles. The highest BCUT2D eigenvalue weighted by molar-refractivity contribution is 6.23. The van der Waals surface area contributed by atoms with Crippen molar-refractivity contribution in [3.8, 4) is 16.9 Å². The molecule has 0 fully saturated rings. The molecule has 0 bridgehead atoms. The molecule has 0 radical (unpaired) electrons. The number of carbonyl (C=O) groups excluding carboxylic acids is 1. The number of hydrogen-bond donors (Lipinski definition) is 0. The van der Waals surface area contributed by atoms with Crippen molar-refractivity contribution >= 4 is 38.5 Å². The Hall–Kier alpha value is -3.79. The highest BCUT2D eigenvalue weighted by Gasteiger charge is 2.28. The van der Waals surface area contributed by atoms with Crippen molar-refractivity contribution < 1.29 is 18.7 Å². The number of methoxy groups -OCH3 is 1. The van der Waals surface area contributed by atoms with Crippen LogP contribution in [0.4, 0.5) is 0 Å². The van der Waals surface area contributed by atoms with Gasteiger partial charge in [0.05, 0.1) is 13.7 Å². The number of furan rings is 1. The smallest absolute Gasteiger partial charge is 0.342 e. The summed E-state index contributed by atoms with van der Waals surface area (Å²) in [6.45, 7) is 3.90. The molecule has 0 N–H and O–H groups in total. The molecule has 0 amide bonds. The first-order chi connectivity index (χ1) is 15.1. The minimum absolute atomic E-state index is 0.293. The van der Waals surface area contributed by atoms with Gasteiger partial charge in [-0.1, -0.05) is 54.6 Å². The molecule has 0 unspecified atom stereocenters. The number of rotatable bonds is 4.